The van der Waals surface area contributed by atoms with E-state index in [1.54, 1.807) is 6.07 Å². The maximum Gasteiger partial charge on any atom is 0.161 e. The lowest BCUT2D eigenvalue weighted by Crippen LogP contribution is -2.26. The zero-order valence-electron chi connectivity index (χ0n) is 10.6. The Labute approximate surface area is 108 Å². The van der Waals surface area contributed by atoms with Gasteiger partial charge in [0.05, 0.1) is 0 Å². The Balaban J connectivity index is 1.51. The number of para-hydroxylation sites is 1. The largest absolute Gasteiger partial charge is 0.504 e. The highest BCUT2D eigenvalue weighted by Gasteiger charge is 2.38. The molecule has 3 unspecified atom stereocenters. The van der Waals surface area contributed by atoms with Crippen molar-refractivity contribution in [3.63, 3.8) is 0 Å². The van der Waals surface area contributed by atoms with Crippen LogP contribution in [-0.2, 0) is 6.54 Å². The first-order valence-electron chi connectivity index (χ1n) is 6.94. The van der Waals surface area contributed by atoms with Gasteiger partial charge in [-0.25, -0.2) is 0 Å². The van der Waals surface area contributed by atoms with E-state index >= 15 is 0 Å². The molecule has 0 amide bonds. The molecule has 98 valence electrons. The van der Waals surface area contributed by atoms with Gasteiger partial charge in [0.25, 0.3) is 0 Å². The zero-order chi connectivity index (χ0) is 12.5. The second kappa shape index (κ2) is 4.81. The topological polar surface area (TPSA) is 52.5 Å². The van der Waals surface area contributed by atoms with Gasteiger partial charge in [-0.2, -0.15) is 0 Å². The summed E-state index contributed by atoms with van der Waals surface area (Å²) in [6, 6.07) is 5.13. The third-order valence-electron chi connectivity index (χ3n) is 4.70. The van der Waals surface area contributed by atoms with Crippen LogP contribution in [0.4, 0.5) is 0 Å². The molecular weight excluding hydrogens is 226 g/mol. The molecule has 2 aliphatic rings. The van der Waals surface area contributed by atoms with E-state index in [0.29, 0.717) is 6.54 Å². The van der Waals surface area contributed by atoms with Gasteiger partial charge in [0, 0.05) is 12.1 Å². The van der Waals surface area contributed by atoms with E-state index in [1.165, 1.54) is 31.7 Å². The lowest BCUT2D eigenvalue weighted by Gasteiger charge is -2.22. The predicted octanol–water partition coefficient (Wildman–Crippen LogP) is 2.62. The lowest BCUT2D eigenvalue weighted by molar-refractivity contribution is 0.317. The second-order valence-corrected chi connectivity index (χ2v) is 5.85. The minimum absolute atomic E-state index is 0.0120. The van der Waals surface area contributed by atoms with Crippen LogP contribution in [0, 0.1) is 17.8 Å². The molecule has 3 rings (SSSR count). The molecule has 0 aliphatic heterocycles. The SMILES string of the molecule is Oc1cccc(CNCC2CC3CCC2C3)c1O. The standard InChI is InChI=1S/C15H21NO2/c17-14-3-1-2-12(15(14)18)8-16-9-13-7-10-4-5-11(13)6-10/h1-3,10-11,13,16-18H,4-9H2. The number of rotatable bonds is 4. The first-order chi connectivity index (χ1) is 8.74. The minimum atomic E-state index is -0.0331. The molecule has 0 spiro atoms. The lowest BCUT2D eigenvalue weighted by atomic mass is 9.89. The van der Waals surface area contributed by atoms with Crippen molar-refractivity contribution >= 4 is 0 Å². The van der Waals surface area contributed by atoms with Crippen molar-refractivity contribution in [3.05, 3.63) is 23.8 Å². The molecule has 1 aromatic carbocycles. The zero-order valence-corrected chi connectivity index (χ0v) is 10.6. The summed E-state index contributed by atoms with van der Waals surface area (Å²) in [5.74, 6) is 2.71. The smallest absolute Gasteiger partial charge is 0.161 e. The fraction of sp³-hybridized carbons (Fsp3) is 0.600. The van der Waals surface area contributed by atoms with Gasteiger partial charge in [0.15, 0.2) is 11.5 Å². The minimum Gasteiger partial charge on any atom is -0.504 e. The van der Waals surface area contributed by atoms with Crippen molar-refractivity contribution in [1.82, 2.24) is 5.32 Å². The highest BCUT2D eigenvalue weighted by molar-refractivity contribution is 5.44. The van der Waals surface area contributed by atoms with E-state index in [9.17, 15) is 10.2 Å². The van der Waals surface area contributed by atoms with Gasteiger partial charge < -0.3 is 15.5 Å². The van der Waals surface area contributed by atoms with Crippen LogP contribution in [0.15, 0.2) is 18.2 Å². The van der Waals surface area contributed by atoms with E-state index in [2.05, 4.69) is 5.32 Å². The van der Waals surface area contributed by atoms with Gasteiger partial charge in [-0.1, -0.05) is 18.6 Å². The molecule has 2 aliphatic carbocycles. The van der Waals surface area contributed by atoms with Gasteiger partial charge in [-0.3, -0.25) is 0 Å². The number of benzene rings is 1. The summed E-state index contributed by atoms with van der Waals surface area (Å²) in [4.78, 5) is 0. The first-order valence-corrected chi connectivity index (χ1v) is 6.94. The van der Waals surface area contributed by atoms with Crippen LogP contribution in [0.3, 0.4) is 0 Å². The van der Waals surface area contributed by atoms with Crippen molar-refractivity contribution in [3.8, 4) is 11.5 Å². The summed E-state index contributed by atoms with van der Waals surface area (Å²) >= 11 is 0. The van der Waals surface area contributed by atoms with E-state index in [0.717, 1.165) is 29.9 Å². The number of fused-ring (bicyclic) bond motifs is 2. The summed E-state index contributed by atoms with van der Waals surface area (Å²) in [6.07, 6.45) is 5.66. The van der Waals surface area contributed by atoms with Crippen LogP contribution in [0.2, 0.25) is 0 Å². The monoisotopic (exact) mass is 247 g/mol. The summed E-state index contributed by atoms with van der Waals surface area (Å²) in [5.41, 5.74) is 0.776. The maximum absolute atomic E-state index is 9.70. The van der Waals surface area contributed by atoms with Gasteiger partial charge in [0.1, 0.15) is 0 Å². The van der Waals surface area contributed by atoms with Crippen LogP contribution in [-0.4, -0.2) is 16.8 Å². The Kier molecular flexibility index (Phi) is 3.16. The van der Waals surface area contributed by atoms with E-state index in [4.69, 9.17) is 0 Å². The molecule has 2 fully saturated rings. The van der Waals surface area contributed by atoms with Crippen LogP contribution < -0.4 is 5.32 Å². The van der Waals surface area contributed by atoms with Gasteiger partial charge >= 0.3 is 0 Å². The van der Waals surface area contributed by atoms with Crippen LogP contribution >= 0.6 is 0 Å². The average Bonchev–Trinajstić information content (AvgIpc) is 2.97. The fourth-order valence-electron chi connectivity index (χ4n) is 3.74. The molecule has 1 aromatic rings. The van der Waals surface area contributed by atoms with E-state index in [1.807, 2.05) is 6.07 Å². The molecule has 0 saturated heterocycles. The summed E-state index contributed by atoms with van der Waals surface area (Å²) in [7, 11) is 0. The number of phenols is 2. The first kappa shape index (κ1) is 11.8. The molecule has 2 saturated carbocycles. The van der Waals surface area contributed by atoms with Crippen LogP contribution in [0.5, 0.6) is 11.5 Å². The average molecular weight is 247 g/mol. The van der Waals surface area contributed by atoms with Crippen molar-refractivity contribution in [2.75, 3.05) is 6.54 Å². The quantitative estimate of drug-likeness (QED) is 0.717. The fourth-order valence-corrected chi connectivity index (χ4v) is 3.74. The predicted molar refractivity (Wildman–Crippen MR) is 70.4 cm³/mol. The van der Waals surface area contributed by atoms with Crippen LogP contribution in [0.1, 0.15) is 31.2 Å². The number of phenolic OH excluding ortho intramolecular Hbond substituents is 2. The molecule has 3 heteroatoms. The number of hydrogen-bond donors (Lipinski definition) is 3. The van der Waals surface area contributed by atoms with Crippen molar-refractivity contribution in [2.24, 2.45) is 17.8 Å². The molecule has 0 radical (unpaired) electrons. The summed E-state index contributed by atoms with van der Waals surface area (Å²) in [5, 5.41) is 22.5. The van der Waals surface area contributed by atoms with Gasteiger partial charge in [-0.05, 0) is 49.6 Å². The highest BCUT2D eigenvalue weighted by Crippen LogP contribution is 2.47. The van der Waals surface area contributed by atoms with Gasteiger partial charge in [-0.15, -0.1) is 0 Å². The van der Waals surface area contributed by atoms with Crippen molar-refractivity contribution < 1.29 is 10.2 Å². The normalized spacial score (nSPS) is 29.9. The molecule has 3 atom stereocenters. The van der Waals surface area contributed by atoms with Crippen molar-refractivity contribution in [2.45, 2.75) is 32.2 Å². The molecule has 3 N–H and O–H groups in total. The molecule has 0 heterocycles. The van der Waals surface area contributed by atoms with Crippen molar-refractivity contribution in [1.29, 1.82) is 0 Å². The number of nitrogens with one attached hydrogen (secondary N) is 1. The Hall–Kier alpha value is -1.22. The summed E-state index contributed by atoms with van der Waals surface area (Å²) < 4.78 is 0. The van der Waals surface area contributed by atoms with E-state index < -0.39 is 0 Å². The maximum atomic E-state index is 9.70. The third-order valence-corrected chi connectivity index (χ3v) is 4.70. The number of hydrogen-bond acceptors (Lipinski definition) is 3. The second-order valence-electron chi connectivity index (χ2n) is 5.85. The third kappa shape index (κ3) is 2.19. The molecule has 2 bridgehead atoms. The Morgan fingerprint density at radius 2 is 2.06 bits per heavy atom. The van der Waals surface area contributed by atoms with E-state index in [-0.39, 0.29) is 11.5 Å². The molecule has 3 nitrogen and oxygen atoms in total. The van der Waals surface area contributed by atoms with Gasteiger partial charge in [0.2, 0.25) is 0 Å². The highest BCUT2D eigenvalue weighted by atomic mass is 16.3. The molecule has 18 heavy (non-hydrogen) atoms. The Morgan fingerprint density at radius 3 is 2.78 bits per heavy atom. The Morgan fingerprint density at radius 1 is 1.17 bits per heavy atom. The molecule has 0 aromatic heterocycles. The van der Waals surface area contributed by atoms with Crippen LogP contribution in [0.25, 0.3) is 0 Å². The Bertz CT molecular complexity index is 433. The number of aromatic hydroxyl groups is 2. The molecular formula is C15H21NO2. The summed E-state index contributed by atoms with van der Waals surface area (Å²) in [6.45, 7) is 1.67.